The van der Waals surface area contributed by atoms with Crippen molar-refractivity contribution in [3.05, 3.63) is 65.9 Å². The summed E-state index contributed by atoms with van der Waals surface area (Å²) in [5.74, 6) is -7.09. The molecule has 2 aromatic carbocycles. The fourth-order valence-corrected chi connectivity index (χ4v) is 4.80. The Morgan fingerprint density at radius 3 is 1.91 bits per heavy atom. The highest BCUT2D eigenvalue weighted by Gasteiger charge is 2.33. The number of H-pyrrole nitrogens is 1. The maximum Gasteiger partial charge on any atom is 0.327 e. The van der Waals surface area contributed by atoms with Crippen molar-refractivity contribution in [2.75, 3.05) is 12.4 Å². The van der Waals surface area contributed by atoms with Crippen LogP contribution in [-0.4, -0.2) is 104 Å². The number of nitrogens with two attached hydrogens (primary N) is 1. The summed E-state index contributed by atoms with van der Waals surface area (Å²) in [4.78, 5) is 79.0. The highest BCUT2D eigenvalue weighted by atomic mass is 32.1. The van der Waals surface area contributed by atoms with Crippen molar-refractivity contribution in [2.24, 2.45) is 5.73 Å². The predicted molar refractivity (Wildman–Crippen MR) is 170 cm³/mol. The first-order valence-corrected chi connectivity index (χ1v) is 14.9. The van der Waals surface area contributed by atoms with Crippen molar-refractivity contribution in [1.29, 1.82) is 0 Å². The van der Waals surface area contributed by atoms with Crippen molar-refractivity contribution >= 4 is 59.1 Å². The average molecular weight is 673 g/mol. The fourth-order valence-electron chi connectivity index (χ4n) is 4.55. The van der Waals surface area contributed by atoms with Crippen molar-refractivity contribution in [3.63, 3.8) is 0 Å². The highest BCUT2D eigenvalue weighted by molar-refractivity contribution is 7.80. The van der Waals surface area contributed by atoms with E-state index in [0.29, 0.717) is 11.1 Å². The van der Waals surface area contributed by atoms with Gasteiger partial charge in [-0.15, -0.1) is 0 Å². The molecule has 0 aliphatic rings. The van der Waals surface area contributed by atoms with Crippen molar-refractivity contribution in [3.8, 4) is 5.75 Å². The molecule has 1 heterocycles. The number of carbonyl (C=O) groups is 6. The van der Waals surface area contributed by atoms with E-state index in [1.54, 1.807) is 30.5 Å². The minimum Gasteiger partial charge on any atom is -0.508 e. The highest BCUT2D eigenvalue weighted by Crippen LogP contribution is 2.19. The van der Waals surface area contributed by atoms with Gasteiger partial charge in [-0.1, -0.05) is 30.3 Å². The SMILES string of the molecule is N[C@@H](CO)C(=O)N[C@@H](Cc1c[nH]c2ccccc12)C(=O)N[C@@H](CC(=O)O)C(=O)N[C@@H](Cc1ccc(O)cc1)C(=O)N[C@@H](CS)C(=O)O. The first-order valence-electron chi connectivity index (χ1n) is 14.3. The quantitative estimate of drug-likeness (QED) is 0.0727. The molecule has 3 rings (SSSR count). The second kappa shape index (κ2) is 17.0. The zero-order valence-corrected chi connectivity index (χ0v) is 25.8. The number of amides is 4. The lowest BCUT2D eigenvalue weighted by Gasteiger charge is -2.26. The number of aliphatic carboxylic acids is 2. The second-order valence-corrected chi connectivity index (χ2v) is 11.0. The van der Waals surface area contributed by atoms with Gasteiger partial charge in [0.2, 0.25) is 23.6 Å². The predicted octanol–water partition coefficient (Wildman–Crippen LogP) is -1.59. The van der Waals surface area contributed by atoms with Gasteiger partial charge in [0.15, 0.2) is 0 Å². The molecular weight excluding hydrogens is 636 g/mol. The minimum absolute atomic E-state index is 0.0711. The zero-order valence-electron chi connectivity index (χ0n) is 24.9. The van der Waals surface area contributed by atoms with Gasteiger partial charge in [-0.05, 0) is 29.3 Å². The van der Waals surface area contributed by atoms with Crippen LogP contribution >= 0.6 is 12.6 Å². The molecule has 0 saturated carbocycles. The zero-order chi connectivity index (χ0) is 34.7. The Morgan fingerprint density at radius 2 is 1.32 bits per heavy atom. The van der Waals surface area contributed by atoms with Gasteiger partial charge >= 0.3 is 11.9 Å². The number of aromatic hydroxyl groups is 1. The molecule has 0 saturated heterocycles. The number of benzene rings is 2. The molecule has 17 heteroatoms. The third kappa shape index (κ3) is 10.5. The minimum atomic E-state index is -1.76. The van der Waals surface area contributed by atoms with Crippen LogP contribution in [0.25, 0.3) is 10.9 Å². The third-order valence-electron chi connectivity index (χ3n) is 7.08. The number of hydrogen-bond donors (Lipinski definition) is 11. The largest absolute Gasteiger partial charge is 0.508 e. The number of phenols is 1. The lowest BCUT2D eigenvalue weighted by Crippen LogP contribution is -2.59. The third-order valence-corrected chi connectivity index (χ3v) is 7.45. The number of aliphatic hydroxyl groups excluding tert-OH is 1. The van der Waals surface area contributed by atoms with Gasteiger partial charge in [-0.2, -0.15) is 12.6 Å². The number of nitrogens with one attached hydrogen (secondary N) is 5. The molecule has 0 aliphatic carbocycles. The monoisotopic (exact) mass is 672 g/mol. The standard InChI is InChI=1S/C30H36N6O10S/c31-19(13-37)26(41)33-22(10-16-12-32-20-4-2-1-3-18(16)20)28(43)35-23(11-25(39)40)29(44)34-21(9-15-5-7-17(38)8-6-15)27(42)36-24(14-47)30(45)46/h1-8,12,19,21-24,32,37-38,47H,9-11,13-14,31H2,(H,33,41)(H,34,44)(H,35,43)(H,36,42)(H,39,40)(H,45,46)/t19-,21-,22-,23-,24-/m0/s1. The molecule has 47 heavy (non-hydrogen) atoms. The summed E-state index contributed by atoms with van der Waals surface area (Å²) in [5.41, 5.74) is 7.41. The lowest BCUT2D eigenvalue weighted by molar-refractivity contribution is -0.143. The molecule has 0 fully saturated rings. The summed E-state index contributed by atoms with van der Waals surface area (Å²) in [6.07, 6.45) is 0.367. The van der Waals surface area contributed by atoms with Gasteiger partial charge in [0, 0.05) is 35.7 Å². The molecule has 252 valence electrons. The van der Waals surface area contributed by atoms with Crippen LogP contribution in [0.3, 0.4) is 0 Å². The first-order chi connectivity index (χ1) is 22.3. The number of hydrogen-bond acceptors (Lipinski definition) is 10. The Bertz CT molecular complexity index is 1600. The number of fused-ring (bicyclic) bond motifs is 1. The molecule has 0 spiro atoms. The van der Waals surface area contributed by atoms with Crippen molar-refractivity contribution < 1.29 is 49.2 Å². The number of carboxylic acids is 2. The smallest absolute Gasteiger partial charge is 0.327 e. The molecular formula is C30H36N6O10S. The van der Waals surface area contributed by atoms with E-state index in [9.17, 15) is 49.2 Å². The summed E-state index contributed by atoms with van der Waals surface area (Å²) in [6, 6.07) is 5.32. The van der Waals surface area contributed by atoms with Crippen LogP contribution in [0.1, 0.15) is 17.5 Å². The van der Waals surface area contributed by atoms with E-state index < -0.39 is 78.8 Å². The van der Waals surface area contributed by atoms with Gasteiger partial charge < -0.3 is 52.4 Å². The topological polar surface area (TPSA) is 273 Å². The van der Waals surface area contributed by atoms with E-state index in [2.05, 4.69) is 38.9 Å². The van der Waals surface area contributed by atoms with Crippen LogP contribution < -0.4 is 27.0 Å². The number of carboxylic acid groups (broad SMARTS) is 2. The van der Waals surface area contributed by atoms with Crippen LogP contribution in [0.2, 0.25) is 0 Å². The number of rotatable bonds is 17. The van der Waals surface area contributed by atoms with E-state index in [0.717, 1.165) is 10.9 Å². The number of aromatic amines is 1. The normalized spacial score (nSPS) is 14.2. The van der Waals surface area contributed by atoms with Crippen LogP contribution in [-0.2, 0) is 41.6 Å². The molecule has 0 aliphatic heterocycles. The Kier molecular flexibility index (Phi) is 13.1. The van der Waals surface area contributed by atoms with E-state index in [1.807, 2.05) is 0 Å². The van der Waals surface area contributed by atoms with Crippen LogP contribution in [0.4, 0.5) is 0 Å². The molecule has 0 unspecified atom stereocenters. The Morgan fingerprint density at radius 1 is 0.766 bits per heavy atom. The van der Waals surface area contributed by atoms with E-state index >= 15 is 0 Å². The van der Waals surface area contributed by atoms with Gasteiger partial charge in [-0.3, -0.25) is 24.0 Å². The van der Waals surface area contributed by atoms with E-state index in [4.69, 9.17) is 5.73 Å². The van der Waals surface area contributed by atoms with Gasteiger partial charge in [0.25, 0.3) is 0 Å². The number of aliphatic hydroxyl groups is 1. The van der Waals surface area contributed by atoms with Crippen LogP contribution in [0.15, 0.2) is 54.7 Å². The van der Waals surface area contributed by atoms with Crippen molar-refractivity contribution in [1.82, 2.24) is 26.3 Å². The lowest BCUT2D eigenvalue weighted by atomic mass is 10.0. The van der Waals surface area contributed by atoms with Gasteiger partial charge in [0.05, 0.1) is 13.0 Å². The Labute approximate surface area is 273 Å². The number of thiol groups is 1. The number of aromatic nitrogens is 1. The summed E-state index contributed by atoms with van der Waals surface area (Å²) in [5, 5.41) is 48.0. The van der Waals surface area contributed by atoms with Gasteiger partial charge in [0.1, 0.15) is 36.0 Å². The molecule has 0 radical (unpaired) electrons. The number of phenolic OH excluding ortho intramolecular Hbond substituents is 1. The Hall–Kier alpha value is -5.13. The molecule has 0 bridgehead atoms. The average Bonchev–Trinajstić information content (AvgIpc) is 3.45. The molecule has 1 aromatic heterocycles. The van der Waals surface area contributed by atoms with Crippen molar-refractivity contribution in [2.45, 2.75) is 49.5 Å². The molecule has 16 nitrogen and oxygen atoms in total. The molecule has 11 N–H and O–H groups in total. The van der Waals surface area contributed by atoms with E-state index in [-0.39, 0.29) is 24.3 Å². The maximum atomic E-state index is 13.6. The number of para-hydroxylation sites is 1. The second-order valence-electron chi connectivity index (χ2n) is 10.6. The van der Waals surface area contributed by atoms with Crippen LogP contribution in [0, 0.1) is 0 Å². The maximum absolute atomic E-state index is 13.6. The number of carbonyl (C=O) groups excluding carboxylic acids is 4. The van der Waals surface area contributed by atoms with E-state index in [1.165, 1.54) is 24.3 Å². The van der Waals surface area contributed by atoms with Gasteiger partial charge in [-0.25, -0.2) is 4.79 Å². The molecule has 4 amide bonds. The first kappa shape index (κ1) is 36.3. The molecule has 3 aromatic rings. The molecule has 5 atom stereocenters. The summed E-state index contributed by atoms with van der Waals surface area (Å²) < 4.78 is 0. The summed E-state index contributed by atoms with van der Waals surface area (Å²) >= 11 is 3.92. The Balaban J connectivity index is 1.88. The van der Waals surface area contributed by atoms with Crippen LogP contribution in [0.5, 0.6) is 5.75 Å². The fraction of sp³-hybridized carbons (Fsp3) is 0.333. The summed E-state index contributed by atoms with van der Waals surface area (Å²) in [7, 11) is 0. The summed E-state index contributed by atoms with van der Waals surface area (Å²) in [6.45, 7) is -0.724.